The lowest BCUT2D eigenvalue weighted by molar-refractivity contribution is -0.132. The van der Waals surface area contributed by atoms with Crippen LogP contribution in [0.15, 0.2) is 24.3 Å². The Hall–Kier alpha value is -2.37. The van der Waals surface area contributed by atoms with Crippen molar-refractivity contribution in [1.29, 1.82) is 0 Å². The number of likely N-dealkylation sites (N-methyl/N-ethyl adjacent to an activating group) is 1. The maximum atomic E-state index is 12.7. The van der Waals surface area contributed by atoms with Crippen LogP contribution in [0.2, 0.25) is 0 Å². The van der Waals surface area contributed by atoms with Gasteiger partial charge in [0.15, 0.2) is 6.04 Å². The van der Waals surface area contributed by atoms with E-state index in [2.05, 4.69) is 0 Å². The van der Waals surface area contributed by atoms with E-state index >= 15 is 0 Å². The van der Waals surface area contributed by atoms with E-state index in [4.69, 9.17) is 5.73 Å². The van der Waals surface area contributed by atoms with Gasteiger partial charge in [-0.2, -0.15) is 0 Å². The number of hydrogen-bond acceptors (Lipinski definition) is 3. The first-order chi connectivity index (χ1) is 9.84. The molecule has 1 aromatic rings. The minimum Gasteiger partial charge on any atom is -0.367 e. The van der Waals surface area contributed by atoms with E-state index in [0.717, 1.165) is 0 Å². The van der Waals surface area contributed by atoms with E-state index in [-0.39, 0.29) is 11.8 Å². The molecule has 0 bridgehead atoms. The Morgan fingerprint density at radius 3 is 2.48 bits per heavy atom. The van der Waals surface area contributed by atoms with Gasteiger partial charge in [-0.1, -0.05) is 26.0 Å². The maximum absolute atomic E-state index is 12.7. The van der Waals surface area contributed by atoms with Crippen molar-refractivity contribution in [3.8, 4) is 0 Å². The highest BCUT2D eigenvalue weighted by molar-refractivity contribution is 6.18. The average molecular weight is 289 g/mol. The van der Waals surface area contributed by atoms with Crippen LogP contribution in [-0.4, -0.2) is 42.3 Å². The van der Waals surface area contributed by atoms with Gasteiger partial charge in [-0.25, -0.2) is 0 Å². The molecule has 0 aliphatic carbocycles. The summed E-state index contributed by atoms with van der Waals surface area (Å²) in [4.78, 5) is 39.6. The highest BCUT2D eigenvalue weighted by atomic mass is 16.2. The van der Waals surface area contributed by atoms with Crippen molar-refractivity contribution in [2.75, 3.05) is 18.5 Å². The average Bonchev–Trinajstić information content (AvgIpc) is 2.50. The normalized spacial score (nSPS) is 18.8. The van der Waals surface area contributed by atoms with Gasteiger partial charge in [-0.05, 0) is 18.1 Å². The van der Waals surface area contributed by atoms with Gasteiger partial charge in [-0.15, -0.1) is 0 Å². The summed E-state index contributed by atoms with van der Waals surface area (Å²) >= 11 is 0. The summed E-state index contributed by atoms with van der Waals surface area (Å²) in [5.74, 6) is -1.53. The maximum Gasteiger partial charge on any atom is 0.259 e. The number of primary amides is 1. The van der Waals surface area contributed by atoms with E-state index in [1.54, 1.807) is 31.3 Å². The quantitative estimate of drug-likeness (QED) is 0.828. The van der Waals surface area contributed by atoms with Gasteiger partial charge in [0, 0.05) is 13.6 Å². The van der Waals surface area contributed by atoms with Gasteiger partial charge in [-0.3, -0.25) is 14.4 Å². The molecule has 0 aromatic heterocycles. The molecule has 112 valence electrons. The zero-order chi connectivity index (χ0) is 15.7. The van der Waals surface area contributed by atoms with Crippen molar-refractivity contribution >= 4 is 23.4 Å². The number of nitrogens with two attached hydrogens (primary N) is 1. The SMILES string of the molecule is CC(C)CN1C(=O)c2ccccc2N(C)C(=O)C1C(N)=O. The lowest BCUT2D eigenvalue weighted by Crippen LogP contribution is -2.55. The summed E-state index contributed by atoms with van der Waals surface area (Å²) in [6.07, 6.45) is 0. The molecule has 0 fully saturated rings. The first kappa shape index (κ1) is 15.0. The Morgan fingerprint density at radius 1 is 1.29 bits per heavy atom. The molecule has 2 N–H and O–H groups in total. The summed E-state index contributed by atoms with van der Waals surface area (Å²) in [6, 6.07) is 5.54. The van der Waals surface area contributed by atoms with Crippen molar-refractivity contribution in [1.82, 2.24) is 4.90 Å². The predicted molar refractivity (Wildman–Crippen MR) is 78.7 cm³/mol. The number of nitrogens with zero attached hydrogens (tertiary/aromatic N) is 2. The summed E-state index contributed by atoms with van der Waals surface area (Å²) < 4.78 is 0. The first-order valence-electron chi connectivity index (χ1n) is 6.81. The Bertz CT molecular complexity index is 598. The molecule has 1 aliphatic heterocycles. The van der Waals surface area contributed by atoms with Crippen molar-refractivity contribution < 1.29 is 14.4 Å². The molecule has 0 spiro atoms. The number of para-hydroxylation sites is 1. The minimum atomic E-state index is -1.27. The fourth-order valence-electron chi connectivity index (χ4n) is 2.51. The van der Waals surface area contributed by atoms with Crippen LogP contribution in [0.4, 0.5) is 5.69 Å². The van der Waals surface area contributed by atoms with Gasteiger partial charge < -0.3 is 15.5 Å². The highest BCUT2D eigenvalue weighted by Crippen LogP contribution is 2.27. The zero-order valence-corrected chi connectivity index (χ0v) is 12.4. The molecule has 6 heteroatoms. The van der Waals surface area contributed by atoms with Gasteiger partial charge in [0.05, 0.1) is 11.3 Å². The van der Waals surface area contributed by atoms with Crippen molar-refractivity contribution in [3.63, 3.8) is 0 Å². The lowest BCUT2D eigenvalue weighted by atomic mass is 10.1. The van der Waals surface area contributed by atoms with Gasteiger partial charge in [0.2, 0.25) is 5.91 Å². The summed E-state index contributed by atoms with van der Waals surface area (Å²) in [7, 11) is 1.54. The number of hydrogen-bond donors (Lipinski definition) is 1. The van der Waals surface area contributed by atoms with E-state index in [0.29, 0.717) is 17.8 Å². The van der Waals surface area contributed by atoms with Crippen molar-refractivity contribution in [2.24, 2.45) is 11.7 Å². The molecule has 1 aromatic carbocycles. The number of carbonyl (C=O) groups excluding carboxylic acids is 3. The second kappa shape index (κ2) is 5.55. The van der Waals surface area contributed by atoms with Crippen LogP contribution in [0.5, 0.6) is 0 Å². The number of benzene rings is 1. The molecule has 1 heterocycles. The third-order valence-electron chi connectivity index (χ3n) is 3.46. The van der Waals surface area contributed by atoms with Crippen LogP contribution in [-0.2, 0) is 9.59 Å². The Kier molecular flexibility index (Phi) is 3.97. The van der Waals surface area contributed by atoms with E-state index in [1.165, 1.54) is 9.80 Å². The van der Waals surface area contributed by atoms with Crippen LogP contribution in [0.25, 0.3) is 0 Å². The molecular formula is C15H19N3O3. The molecule has 0 radical (unpaired) electrons. The summed E-state index contributed by atoms with van der Waals surface area (Å²) in [5, 5.41) is 0. The predicted octanol–water partition coefficient (Wildman–Crippen LogP) is 0.615. The largest absolute Gasteiger partial charge is 0.367 e. The summed E-state index contributed by atoms with van der Waals surface area (Å²) in [5.41, 5.74) is 6.26. The second-order valence-corrected chi connectivity index (χ2v) is 5.57. The van der Waals surface area contributed by atoms with Gasteiger partial charge in [0.1, 0.15) is 0 Å². The summed E-state index contributed by atoms with van der Waals surface area (Å²) in [6.45, 7) is 4.12. The van der Waals surface area contributed by atoms with Crippen molar-refractivity contribution in [2.45, 2.75) is 19.9 Å². The number of amides is 3. The highest BCUT2D eigenvalue weighted by Gasteiger charge is 2.41. The van der Waals surface area contributed by atoms with E-state index < -0.39 is 17.9 Å². The molecule has 1 unspecified atom stereocenters. The van der Waals surface area contributed by atoms with E-state index in [9.17, 15) is 14.4 Å². The second-order valence-electron chi connectivity index (χ2n) is 5.57. The lowest BCUT2D eigenvalue weighted by Gasteiger charge is -2.29. The fourth-order valence-corrected chi connectivity index (χ4v) is 2.51. The topological polar surface area (TPSA) is 83.7 Å². The molecule has 6 nitrogen and oxygen atoms in total. The smallest absolute Gasteiger partial charge is 0.259 e. The number of anilines is 1. The van der Waals surface area contributed by atoms with Crippen molar-refractivity contribution in [3.05, 3.63) is 29.8 Å². The third kappa shape index (κ3) is 2.61. The van der Waals surface area contributed by atoms with E-state index in [1.807, 2.05) is 13.8 Å². The number of rotatable bonds is 3. The molecule has 2 rings (SSSR count). The van der Waals surface area contributed by atoms with Crippen LogP contribution in [0, 0.1) is 5.92 Å². The first-order valence-corrected chi connectivity index (χ1v) is 6.81. The molecular weight excluding hydrogens is 270 g/mol. The Morgan fingerprint density at radius 2 is 1.90 bits per heavy atom. The standard InChI is InChI=1S/C15H19N3O3/c1-9(2)8-18-12(13(16)19)15(21)17(3)11-7-5-4-6-10(11)14(18)20/h4-7,9,12H,8H2,1-3H3,(H2,16,19). The molecule has 1 atom stereocenters. The molecule has 0 saturated carbocycles. The Balaban J connectivity index is 2.60. The number of fused-ring (bicyclic) bond motifs is 1. The molecule has 3 amide bonds. The molecule has 0 saturated heterocycles. The fraction of sp³-hybridized carbons (Fsp3) is 0.400. The van der Waals surface area contributed by atoms with Gasteiger partial charge >= 0.3 is 0 Å². The minimum absolute atomic E-state index is 0.110. The van der Waals surface area contributed by atoms with Crippen LogP contribution in [0.1, 0.15) is 24.2 Å². The number of carbonyl (C=O) groups is 3. The molecule has 21 heavy (non-hydrogen) atoms. The van der Waals surface area contributed by atoms with Crippen LogP contribution >= 0.6 is 0 Å². The third-order valence-corrected chi connectivity index (χ3v) is 3.46. The Labute approximate surface area is 123 Å². The zero-order valence-electron chi connectivity index (χ0n) is 12.4. The van der Waals surface area contributed by atoms with Crippen LogP contribution in [0.3, 0.4) is 0 Å². The molecule has 1 aliphatic rings. The van der Waals surface area contributed by atoms with Gasteiger partial charge in [0.25, 0.3) is 11.8 Å². The monoisotopic (exact) mass is 289 g/mol. The van der Waals surface area contributed by atoms with Crippen LogP contribution < -0.4 is 10.6 Å².